The largest absolute Gasteiger partial charge is 0 e. The van der Waals surface area contributed by atoms with Crippen molar-refractivity contribution in [3.63, 3.8) is 0 Å². The number of hydrogen-bond donors (Lipinski definition) is 6. The maximum Gasteiger partial charge on any atom is 0 e. The Kier molecular flexibility index (Phi) is 52.4. The zero-order chi connectivity index (χ0) is 44.0. The summed E-state index contributed by atoms with van der Waals surface area (Å²) in [4.78, 5) is 38.4. The first kappa shape index (κ1) is 66.8. The van der Waals surface area contributed by atoms with Crippen LogP contribution >= 0.6 is 62.3 Å². The number of carbonyl (C=O) groups excluding carboxylic acids is 2. The molecule has 0 saturated carbocycles. The van der Waals surface area contributed by atoms with Crippen LogP contribution < -0.4 is 11.5 Å². The third-order valence-electron chi connectivity index (χ3n) is 6.67. The molecule has 4 rings (SSSR count). The molecule has 0 fully saturated rings. The first-order valence-corrected chi connectivity index (χ1v) is 23.4. The Morgan fingerprint density at radius 1 is 0.559 bits per heavy atom. The van der Waals surface area contributed by atoms with Gasteiger partial charge in [-0.1, -0.05) is 0 Å². The van der Waals surface area contributed by atoms with E-state index in [9.17, 15) is 24.9 Å². The molecule has 1 heterocycles. The number of aliphatic hydroxyl groups excluding tert-OH is 1. The van der Waals surface area contributed by atoms with Gasteiger partial charge in [0.15, 0.2) is 12.6 Å². The second-order valence-corrected chi connectivity index (χ2v) is 14.4. The third-order valence-corrected chi connectivity index (χ3v) is 6.67. The Hall–Kier alpha value is -1.27. The summed E-state index contributed by atoms with van der Waals surface area (Å²) in [5.74, 6) is 0.149. The normalized spacial score (nSPS) is 11.3. The van der Waals surface area contributed by atoms with E-state index in [1.165, 1.54) is 12.1 Å². The summed E-state index contributed by atoms with van der Waals surface area (Å²) in [6, 6.07) is 10.7. The van der Waals surface area contributed by atoms with Gasteiger partial charge >= 0.3 is 66.4 Å². The average molecular weight is 1120 g/mol. The molecule has 2 radical (unpaired) electrons. The number of rotatable bonds is 4. The van der Waals surface area contributed by atoms with Crippen LogP contribution in [0, 0.1) is 20.8 Å². The van der Waals surface area contributed by atoms with Crippen LogP contribution in [0.3, 0.4) is 0 Å². The molecule has 0 amide bonds. The molecule has 0 atom stereocenters. The van der Waals surface area contributed by atoms with Crippen molar-refractivity contribution in [3.8, 4) is 17.2 Å². The molecule has 59 heavy (non-hydrogen) atoms. The fourth-order valence-corrected chi connectivity index (χ4v) is 4.36. The van der Waals surface area contributed by atoms with Crippen molar-refractivity contribution in [1.82, 2.24) is 0 Å². The van der Waals surface area contributed by atoms with Gasteiger partial charge in [0.25, 0.3) is 0 Å². The Morgan fingerprint density at radius 3 is 1.00 bits per heavy atom. The van der Waals surface area contributed by atoms with Gasteiger partial charge in [-0.05, 0) is 106 Å². The van der Waals surface area contributed by atoms with Gasteiger partial charge in [-0.2, -0.15) is 0 Å². The molecule has 4 bridgehead atoms. The maximum absolute atomic E-state index is 10.5. The molecule has 342 valence electrons. The summed E-state index contributed by atoms with van der Waals surface area (Å²) in [6.45, 7) is 9.57. The van der Waals surface area contributed by atoms with Crippen molar-refractivity contribution in [3.05, 3.63) is 86.5 Å². The van der Waals surface area contributed by atoms with E-state index in [0.717, 1.165) is 56.2 Å². The van der Waals surface area contributed by atoms with Crippen molar-refractivity contribution in [2.24, 2.45) is 31.4 Å². The number of aromatic hydroxyl groups is 3. The Bertz CT molecular complexity index is 1500. The van der Waals surface area contributed by atoms with Gasteiger partial charge in [-0.3, -0.25) is 29.6 Å². The number of benzene rings is 3. The number of hydrogen-bond acceptors (Lipinski definition) is 12. The van der Waals surface area contributed by atoms with E-state index in [4.69, 9.17) is 57.2 Å². The minimum Gasteiger partial charge on any atom is 0 e. The zero-order valence-electron chi connectivity index (χ0n) is 32.4. The van der Waals surface area contributed by atoms with Crippen LogP contribution in [0.15, 0.2) is 56.4 Å². The summed E-state index contributed by atoms with van der Waals surface area (Å²) in [5.41, 5.74) is 16.0. The summed E-state index contributed by atoms with van der Waals surface area (Å²) in [5, 5.41) is 37.3. The number of nitrogens with two attached hydrogens (primary N) is 2. The smallest absolute Gasteiger partial charge is 0 e. The molecule has 0 saturated heterocycles. The quantitative estimate of drug-likeness (QED) is 0.140. The van der Waals surface area contributed by atoms with Gasteiger partial charge < -0.3 is 31.9 Å². The van der Waals surface area contributed by atoms with Crippen LogP contribution in [-0.4, -0.2) is 104 Å². The van der Waals surface area contributed by atoms with Crippen LogP contribution in [0.25, 0.3) is 0 Å². The second kappa shape index (κ2) is 46.2. The van der Waals surface area contributed by atoms with E-state index in [0.29, 0.717) is 86.8 Å². The second-order valence-electron chi connectivity index (χ2n) is 11.0. The Labute approximate surface area is 407 Å². The molecule has 12 nitrogen and oxygen atoms in total. The van der Waals surface area contributed by atoms with Gasteiger partial charge in [-0.25, -0.2) is 0 Å². The van der Waals surface area contributed by atoms with E-state index in [1.807, 2.05) is 38.1 Å². The topological polar surface area (TPSA) is 217 Å². The van der Waals surface area contributed by atoms with Crippen LogP contribution in [0.5, 0.6) is 17.2 Å². The Balaban J connectivity index is -0.000000277. The molecular weight excluding hydrogens is 1070 g/mol. The molecule has 0 unspecified atom stereocenters. The fraction of sp³-hybridized carbons (Fsp3) is 0.351. The monoisotopic (exact) mass is 1120 g/mol. The van der Waals surface area contributed by atoms with Crippen molar-refractivity contribution >= 4 is 99.7 Å². The number of fused-ring (bicyclic) bond motifs is 4. The first-order chi connectivity index (χ1) is 27.5. The van der Waals surface area contributed by atoms with Crippen molar-refractivity contribution in [2.45, 2.75) is 40.0 Å². The van der Waals surface area contributed by atoms with Crippen molar-refractivity contribution < 1.29 is 89.4 Å². The van der Waals surface area contributed by atoms with Crippen molar-refractivity contribution in [1.29, 1.82) is 0 Å². The van der Waals surface area contributed by atoms with Gasteiger partial charge in [0.05, 0.1) is 11.1 Å². The van der Waals surface area contributed by atoms with E-state index < -0.39 is 0 Å². The third kappa shape index (κ3) is 32.1. The van der Waals surface area contributed by atoms with E-state index in [2.05, 4.69) is 41.7 Å². The summed E-state index contributed by atoms with van der Waals surface area (Å²) < 4.78 is 0. The van der Waals surface area contributed by atoms with E-state index in [-0.39, 0.29) is 61.9 Å². The number of halogens is 6. The molecule has 3 aromatic carbocycles. The average Bonchev–Trinajstić information content (AvgIpc) is 3.20. The number of phenols is 3. The van der Waals surface area contributed by atoms with Crippen LogP contribution in [0.2, 0.25) is 0 Å². The number of aliphatic hydroxyl groups is 1. The zero-order valence-corrected chi connectivity index (χ0v) is 41.1. The first-order valence-electron chi connectivity index (χ1n) is 16.5. The summed E-state index contributed by atoms with van der Waals surface area (Å²) >= 11 is 0.764. The molecule has 0 aromatic heterocycles. The maximum atomic E-state index is 10.5. The number of carbonyl (C=O) groups is 2. The minimum atomic E-state index is -0.245. The molecule has 1 aliphatic heterocycles. The van der Waals surface area contributed by atoms with E-state index >= 15 is 0 Å². The SMILES string of the molecule is CO.Cc1cc(C=O)c(O)c(C=O)c1.Cc1cc2c(O)c(c1)C=NCCCN=Cc1cc(C)cc(c1O)C=NCCCN=C2.ClCl.NCCCN.[Cl][Co][Cl].[Cl][Co][Cl].[Co].[Co]. The van der Waals surface area contributed by atoms with Gasteiger partial charge in [0.2, 0.25) is 0 Å². The number of aryl methyl sites for hydroxylation is 3. The molecule has 8 N–H and O–H groups in total. The predicted molar refractivity (Wildman–Crippen MR) is 234 cm³/mol. The van der Waals surface area contributed by atoms with Gasteiger partial charge in [0, 0.05) is 136 Å². The van der Waals surface area contributed by atoms with Gasteiger partial charge in [-0.15, -0.1) is 0 Å². The fourth-order valence-electron chi connectivity index (χ4n) is 4.36. The molecule has 22 heteroatoms. The summed E-state index contributed by atoms with van der Waals surface area (Å²) in [7, 11) is 28.2. The standard InChI is InChI=1S/C24H28N4O2.C9H8O3.C3H10N2.CH4O.Cl2.4ClH.4Co/c1-17-9-19-13-25-5-3-7-27-15-21-11-18(2)12-22(24(21)30)16-28-8-4-6-26-14-20(10-17)23(19)29;1-6-2-7(4-10)9(12)8(3-6)5-11;4-2-1-3-5;2*1-2;;;;;;;;/h9-16,29-30H,3-8H2,1-2H3;2-5,12H,1H3;1-5H2;2H,1H3;;4*1H;;;;/q;;;;;;;;;;;2*+2/p-4. The van der Waals surface area contributed by atoms with E-state index in [1.54, 1.807) is 31.8 Å². The van der Waals surface area contributed by atoms with Crippen LogP contribution in [0.4, 0.5) is 0 Å². The summed E-state index contributed by atoms with van der Waals surface area (Å²) in [6.07, 6.45) is 10.3. The Morgan fingerprint density at radius 2 is 0.797 bits per heavy atom. The molecule has 0 spiro atoms. The number of phenolic OH excluding ortho intramolecular Hbond substituents is 3. The molecular formula is C37H50Cl6Co4N6O6. The van der Waals surface area contributed by atoms with Crippen molar-refractivity contribution in [2.75, 3.05) is 46.4 Å². The number of aldehydes is 2. The number of aliphatic imine (C=N–C) groups is 4. The molecule has 0 aliphatic carbocycles. The number of nitrogens with zero attached hydrogens (tertiary/aromatic N) is 4. The van der Waals surface area contributed by atoms with Crippen LogP contribution in [-0.2, 0) is 59.3 Å². The predicted octanol–water partition coefficient (Wildman–Crippen LogP) is 8.24. The van der Waals surface area contributed by atoms with Gasteiger partial charge in [0.1, 0.15) is 17.2 Å². The molecule has 1 aliphatic rings. The van der Waals surface area contributed by atoms with Crippen LogP contribution in [0.1, 0.15) is 78.9 Å². The minimum absolute atomic E-state index is 0. The molecule has 3 aromatic rings.